The lowest BCUT2D eigenvalue weighted by atomic mass is 10.1. The molecule has 0 spiro atoms. The maximum absolute atomic E-state index is 13.8. The number of hydrogen-bond acceptors (Lipinski definition) is 5. The van der Waals surface area contributed by atoms with E-state index in [0.29, 0.717) is 29.3 Å². The van der Waals surface area contributed by atoms with Crippen LogP contribution in [0.1, 0.15) is 28.6 Å². The van der Waals surface area contributed by atoms with E-state index in [2.05, 4.69) is 4.98 Å². The van der Waals surface area contributed by atoms with Gasteiger partial charge in [-0.3, -0.25) is 14.7 Å². The van der Waals surface area contributed by atoms with Gasteiger partial charge in [0.05, 0.1) is 23.4 Å². The number of furan rings is 1. The Morgan fingerprint density at radius 1 is 0.923 bits per heavy atom. The molecule has 6 rings (SSSR count). The molecule has 0 fully saturated rings. The number of esters is 1. The van der Waals surface area contributed by atoms with E-state index >= 15 is 0 Å². The fourth-order valence-corrected chi connectivity index (χ4v) is 4.62. The lowest BCUT2D eigenvalue weighted by Crippen LogP contribution is -2.24. The predicted molar refractivity (Wildman–Crippen MR) is 152 cm³/mol. The van der Waals surface area contributed by atoms with Crippen LogP contribution in [0, 0.1) is 0 Å². The lowest BCUT2D eigenvalue weighted by molar-refractivity contribution is -0.113. The van der Waals surface area contributed by atoms with Gasteiger partial charge in [-0.05, 0) is 73.2 Å². The SMILES string of the molecule is CCOC(=O)c1ccc(-c2ccc(C=C3C=C(c4ccccc4)N(c4ccc5ncccc5c4)C3=O)o2)cc1. The zero-order valence-corrected chi connectivity index (χ0v) is 21.2. The monoisotopic (exact) mass is 512 g/mol. The van der Waals surface area contributed by atoms with Gasteiger partial charge in [-0.15, -0.1) is 0 Å². The average molecular weight is 513 g/mol. The fourth-order valence-electron chi connectivity index (χ4n) is 4.62. The summed E-state index contributed by atoms with van der Waals surface area (Å²) in [7, 11) is 0. The molecular weight excluding hydrogens is 488 g/mol. The minimum Gasteiger partial charge on any atom is -0.462 e. The highest BCUT2D eigenvalue weighted by Gasteiger charge is 2.31. The second kappa shape index (κ2) is 10.3. The summed E-state index contributed by atoms with van der Waals surface area (Å²) in [6, 6.07) is 30.2. The van der Waals surface area contributed by atoms with Crippen LogP contribution in [-0.2, 0) is 9.53 Å². The van der Waals surface area contributed by atoms with Crippen molar-refractivity contribution in [3.05, 3.63) is 132 Å². The van der Waals surface area contributed by atoms with Crippen LogP contribution in [0.25, 0.3) is 34.0 Å². The normalized spacial score (nSPS) is 14.2. The third kappa shape index (κ3) is 4.76. The molecule has 1 aliphatic heterocycles. The van der Waals surface area contributed by atoms with Gasteiger partial charge in [-0.1, -0.05) is 48.5 Å². The minimum atomic E-state index is -0.359. The number of carbonyl (C=O) groups excluding carboxylic acids is 2. The van der Waals surface area contributed by atoms with Crippen molar-refractivity contribution in [3.8, 4) is 11.3 Å². The van der Waals surface area contributed by atoms with Crippen LogP contribution in [0.15, 0.2) is 119 Å². The molecule has 6 nitrogen and oxygen atoms in total. The van der Waals surface area contributed by atoms with E-state index in [0.717, 1.165) is 33.4 Å². The van der Waals surface area contributed by atoms with Gasteiger partial charge in [0, 0.05) is 28.4 Å². The number of amides is 1. The van der Waals surface area contributed by atoms with Gasteiger partial charge in [-0.2, -0.15) is 0 Å². The third-order valence-corrected chi connectivity index (χ3v) is 6.50. The van der Waals surface area contributed by atoms with Crippen molar-refractivity contribution in [1.29, 1.82) is 0 Å². The summed E-state index contributed by atoms with van der Waals surface area (Å²) in [4.78, 5) is 31.8. The van der Waals surface area contributed by atoms with E-state index < -0.39 is 0 Å². The van der Waals surface area contributed by atoms with E-state index in [1.54, 1.807) is 36.2 Å². The van der Waals surface area contributed by atoms with Crippen LogP contribution in [0.4, 0.5) is 5.69 Å². The molecule has 0 saturated carbocycles. The number of rotatable bonds is 6. The molecule has 2 aromatic heterocycles. The van der Waals surface area contributed by atoms with Crippen molar-refractivity contribution in [1.82, 2.24) is 4.98 Å². The predicted octanol–water partition coefficient (Wildman–Crippen LogP) is 7.14. The maximum atomic E-state index is 13.8. The smallest absolute Gasteiger partial charge is 0.338 e. The number of fused-ring (bicyclic) bond motifs is 1. The third-order valence-electron chi connectivity index (χ3n) is 6.50. The molecule has 0 atom stereocenters. The number of ether oxygens (including phenoxy) is 1. The number of aromatic nitrogens is 1. The molecule has 6 heteroatoms. The molecule has 0 N–H and O–H groups in total. The Morgan fingerprint density at radius 3 is 2.54 bits per heavy atom. The lowest BCUT2D eigenvalue weighted by Gasteiger charge is -2.21. The van der Waals surface area contributed by atoms with Crippen molar-refractivity contribution in [2.24, 2.45) is 0 Å². The molecule has 3 heterocycles. The standard InChI is InChI=1S/C33H24N2O4/c1-2-38-33(37)24-12-10-23(11-13-24)31-17-15-28(39-31)20-26-21-30(22-7-4-3-5-8-22)35(32(26)36)27-14-16-29-25(19-27)9-6-18-34-29/h3-21H,2H2,1H3. The molecule has 190 valence electrons. The van der Waals surface area contributed by atoms with Gasteiger partial charge in [0.15, 0.2) is 0 Å². The number of anilines is 1. The fraction of sp³-hybridized carbons (Fsp3) is 0.0606. The number of benzene rings is 3. The second-order valence-electron chi connectivity index (χ2n) is 9.02. The molecule has 3 aromatic carbocycles. The quantitative estimate of drug-likeness (QED) is 0.179. The van der Waals surface area contributed by atoms with Crippen LogP contribution in [0.2, 0.25) is 0 Å². The minimum absolute atomic E-state index is 0.145. The van der Waals surface area contributed by atoms with E-state index in [1.807, 2.05) is 91.0 Å². The maximum Gasteiger partial charge on any atom is 0.338 e. The van der Waals surface area contributed by atoms with E-state index in [9.17, 15) is 9.59 Å². The van der Waals surface area contributed by atoms with Crippen LogP contribution < -0.4 is 4.90 Å². The Balaban J connectivity index is 1.34. The van der Waals surface area contributed by atoms with Crippen LogP contribution in [0.5, 0.6) is 0 Å². The Labute approximate surface area is 225 Å². The Bertz CT molecular complexity index is 1750. The summed E-state index contributed by atoms with van der Waals surface area (Å²) in [6.45, 7) is 2.10. The van der Waals surface area contributed by atoms with Crippen molar-refractivity contribution in [2.45, 2.75) is 6.92 Å². The first-order chi connectivity index (χ1) is 19.1. The van der Waals surface area contributed by atoms with Crippen molar-refractivity contribution in [2.75, 3.05) is 11.5 Å². The first kappa shape index (κ1) is 24.1. The van der Waals surface area contributed by atoms with Gasteiger partial charge in [-0.25, -0.2) is 4.79 Å². The largest absolute Gasteiger partial charge is 0.462 e. The van der Waals surface area contributed by atoms with Gasteiger partial charge in [0.25, 0.3) is 5.91 Å². The highest BCUT2D eigenvalue weighted by molar-refractivity contribution is 6.23. The van der Waals surface area contributed by atoms with Gasteiger partial charge < -0.3 is 9.15 Å². The van der Waals surface area contributed by atoms with E-state index in [-0.39, 0.29) is 11.9 Å². The first-order valence-corrected chi connectivity index (χ1v) is 12.7. The van der Waals surface area contributed by atoms with E-state index in [4.69, 9.17) is 9.15 Å². The summed E-state index contributed by atoms with van der Waals surface area (Å²) in [5.41, 5.74) is 5.16. The number of pyridine rings is 1. The molecule has 1 amide bonds. The topological polar surface area (TPSA) is 72.6 Å². The number of nitrogens with zero attached hydrogens (tertiary/aromatic N) is 2. The molecule has 0 unspecified atom stereocenters. The Morgan fingerprint density at radius 2 is 1.74 bits per heavy atom. The second-order valence-corrected chi connectivity index (χ2v) is 9.02. The summed E-state index contributed by atoms with van der Waals surface area (Å²) in [5, 5.41) is 0.956. The molecule has 5 aromatic rings. The Hall–Kier alpha value is -5.23. The summed E-state index contributed by atoms with van der Waals surface area (Å²) in [6.07, 6.45) is 5.40. The highest BCUT2D eigenvalue weighted by Crippen LogP contribution is 2.36. The van der Waals surface area contributed by atoms with Gasteiger partial charge in [0.1, 0.15) is 11.5 Å². The molecule has 0 bridgehead atoms. The highest BCUT2D eigenvalue weighted by atomic mass is 16.5. The van der Waals surface area contributed by atoms with Gasteiger partial charge >= 0.3 is 5.97 Å². The van der Waals surface area contributed by atoms with Crippen LogP contribution in [-0.4, -0.2) is 23.5 Å². The van der Waals surface area contributed by atoms with Crippen molar-refractivity contribution < 1.29 is 18.7 Å². The molecule has 1 aliphatic rings. The van der Waals surface area contributed by atoms with Crippen molar-refractivity contribution in [3.63, 3.8) is 0 Å². The molecule has 0 aliphatic carbocycles. The molecule has 0 radical (unpaired) electrons. The average Bonchev–Trinajstić information content (AvgIpc) is 3.58. The summed E-state index contributed by atoms with van der Waals surface area (Å²) in [5.74, 6) is 0.681. The molecule has 39 heavy (non-hydrogen) atoms. The summed E-state index contributed by atoms with van der Waals surface area (Å²) >= 11 is 0. The van der Waals surface area contributed by atoms with Crippen LogP contribution >= 0.6 is 0 Å². The van der Waals surface area contributed by atoms with Gasteiger partial charge in [0.2, 0.25) is 0 Å². The number of hydrogen-bond donors (Lipinski definition) is 0. The first-order valence-electron chi connectivity index (χ1n) is 12.7. The number of carbonyl (C=O) groups is 2. The Kier molecular flexibility index (Phi) is 6.35. The van der Waals surface area contributed by atoms with Crippen LogP contribution in [0.3, 0.4) is 0 Å². The summed E-state index contributed by atoms with van der Waals surface area (Å²) < 4.78 is 11.1. The molecule has 0 saturated heterocycles. The zero-order valence-electron chi connectivity index (χ0n) is 21.2. The molecular formula is C33H24N2O4. The van der Waals surface area contributed by atoms with Crippen molar-refractivity contribution >= 4 is 40.2 Å². The zero-order chi connectivity index (χ0) is 26.8. The van der Waals surface area contributed by atoms with E-state index in [1.165, 1.54) is 0 Å².